The maximum absolute atomic E-state index is 13.6. The second-order valence-electron chi connectivity index (χ2n) is 5.71. The number of nitriles is 1. The van der Waals surface area contributed by atoms with E-state index in [4.69, 9.17) is 11.0 Å². The van der Waals surface area contributed by atoms with Crippen LogP contribution in [0, 0.1) is 17.2 Å². The van der Waals surface area contributed by atoms with Gasteiger partial charge in [0.05, 0.1) is 17.8 Å². The van der Waals surface area contributed by atoms with Crippen molar-refractivity contribution in [3.63, 3.8) is 0 Å². The third kappa shape index (κ3) is 5.46. The van der Waals surface area contributed by atoms with Crippen LogP contribution in [0.5, 0.6) is 0 Å². The molecule has 1 aromatic rings. The lowest BCUT2D eigenvalue weighted by Gasteiger charge is -2.33. The molecule has 132 valence electrons. The first-order valence-corrected chi connectivity index (χ1v) is 7.98. The normalized spacial score (nSPS) is 14.1. The molecule has 0 radical (unpaired) electrons. The molecule has 0 spiro atoms. The van der Waals surface area contributed by atoms with Gasteiger partial charge in [-0.2, -0.15) is 18.4 Å². The van der Waals surface area contributed by atoms with E-state index in [2.05, 4.69) is 20.9 Å². The van der Waals surface area contributed by atoms with Crippen LogP contribution in [0.1, 0.15) is 32.0 Å². The third-order valence-corrected chi connectivity index (χ3v) is 3.69. The molecule has 1 heterocycles. The Labute approximate surface area is 146 Å². The van der Waals surface area contributed by atoms with Gasteiger partial charge >= 0.3 is 6.18 Å². The van der Waals surface area contributed by atoms with Crippen LogP contribution < -0.4 is 5.73 Å². The highest BCUT2D eigenvalue weighted by molar-refractivity contribution is 9.10. The van der Waals surface area contributed by atoms with Gasteiger partial charge in [-0.3, -0.25) is 9.78 Å². The molecule has 0 aliphatic rings. The molecule has 0 unspecified atom stereocenters. The predicted molar refractivity (Wildman–Crippen MR) is 85.5 cm³/mol. The molecule has 5 nitrogen and oxygen atoms in total. The Balaban J connectivity index is 3.26. The Hall–Kier alpha value is -1.66. The fourth-order valence-corrected chi connectivity index (χ4v) is 2.48. The summed E-state index contributed by atoms with van der Waals surface area (Å²) in [6.45, 7) is 2.88. The van der Waals surface area contributed by atoms with Crippen LogP contribution in [0.3, 0.4) is 0 Å². The van der Waals surface area contributed by atoms with Gasteiger partial charge in [-0.1, -0.05) is 13.8 Å². The van der Waals surface area contributed by atoms with Gasteiger partial charge in [-0.15, -0.1) is 0 Å². The number of amides is 1. The van der Waals surface area contributed by atoms with E-state index in [0.29, 0.717) is 9.37 Å². The van der Waals surface area contributed by atoms with E-state index in [0.717, 1.165) is 6.07 Å². The average molecular weight is 407 g/mol. The molecule has 2 N–H and O–H groups in total. The third-order valence-electron chi connectivity index (χ3n) is 3.22. The summed E-state index contributed by atoms with van der Waals surface area (Å²) in [4.78, 5) is 16.6. The highest BCUT2D eigenvalue weighted by Crippen LogP contribution is 2.37. The lowest BCUT2D eigenvalue weighted by molar-refractivity contribution is -0.192. The van der Waals surface area contributed by atoms with E-state index >= 15 is 0 Å². The minimum atomic E-state index is -4.79. The average Bonchev–Trinajstić information content (AvgIpc) is 2.46. The molecule has 0 aromatic carbocycles. The number of halogens is 4. The van der Waals surface area contributed by atoms with Crippen molar-refractivity contribution in [3.05, 3.63) is 28.5 Å². The van der Waals surface area contributed by atoms with Gasteiger partial charge in [0, 0.05) is 10.7 Å². The molecule has 1 aromatic heterocycles. The molecule has 9 heteroatoms. The SMILES string of the molecule is CC(C)C[C@H](N)C(=O)N(CC#N)[C@@H](c1ccc(Br)cn1)C(F)(F)F. The van der Waals surface area contributed by atoms with Crippen molar-refractivity contribution in [2.75, 3.05) is 6.54 Å². The lowest BCUT2D eigenvalue weighted by Crippen LogP contribution is -2.50. The topological polar surface area (TPSA) is 83.0 Å². The lowest BCUT2D eigenvalue weighted by atomic mass is 10.0. The Morgan fingerprint density at radius 1 is 1.46 bits per heavy atom. The van der Waals surface area contributed by atoms with Crippen LogP contribution in [0.15, 0.2) is 22.8 Å². The van der Waals surface area contributed by atoms with Crippen molar-refractivity contribution in [1.29, 1.82) is 5.26 Å². The maximum atomic E-state index is 13.6. The summed E-state index contributed by atoms with van der Waals surface area (Å²) in [5.74, 6) is -0.889. The zero-order valence-corrected chi connectivity index (χ0v) is 14.8. The standard InChI is InChI=1S/C15H18BrF3N4O/c1-9(2)7-11(21)14(24)23(6-5-20)13(15(17,18)19)12-4-3-10(16)8-22-12/h3-4,8-9,11,13H,6-7,21H2,1-2H3/t11-,13-/m0/s1. The zero-order chi connectivity index (χ0) is 18.5. The summed E-state index contributed by atoms with van der Waals surface area (Å²) in [6.07, 6.45) is -3.36. The summed E-state index contributed by atoms with van der Waals surface area (Å²) >= 11 is 3.10. The first kappa shape index (κ1) is 20.4. The Morgan fingerprint density at radius 2 is 2.08 bits per heavy atom. The second kappa shape index (κ2) is 8.44. The van der Waals surface area contributed by atoms with E-state index in [1.165, 1.54) is 12.3 Å². The summed E-state index contributed by atoms with van der Waals surface area (Å²) in [5.41, 5.74) is 5.37. The summed E-state index contributed by atoms with van der Waals surface area (Å²) in [6, 6.07) is 0.721. The van der Waals surface area contributed by atoms with Gasteiger partial charge in [0.15, 0.2) is 6.04 Å². The van der Waals surface area contributed by atoms with Crippen LogP contribution in [0.25, 0.3) is 0 Å². The van der Waals surface area contributed by atoms with Gasteiger partial charge in [-0.05, 0) is 40.4 Å². The van der Waals surface area contributed by atoms with Crippen molar-refractivity contribution < 1.29 is 18.0 Å². The molecule has 0 aliphatic carbocycles. The van der Waals surface area contributed by atoms with E-state index < -0.39 is 30.7 Å². The molecule has 0 bridgehead atoms. The van der Waals surface area contributed by atoms with Crippen molar-refractivity contribution >= 4 is 21.8 Å². The number of hydrogen-bond acceptors (Lipinski definition) is 4. The number of nitrogens with zero attached hydrogens (tertiary/aromatic N) is 3. The van der Waals surface area contributed by atoms with Crippen LogP contribution >= 0.6 is 15.9 Å². The van der Waals surface area contributed by atoms with Gasteiger partial charge in [0.25, 0.3) is 0 Å². The number of alkyl halides is 3. The van der Waals surface area contributed by atoms with Crippen LogP contribution in [-0.4, -0.2) is 34.6 Å². The molecule has 0 fully saturated rings. The minimum absolute atomic E-state index is 0.0306. The summed E-state index contributed by atoms with van der Waals surface area (Å²) in [7, 11) is 0. The number of rotatable bonds is 6. The van der Waals surface area contributed by atoms with Crippen LogP contribution in [-0.2, 0) is 4.79 Å². The van der Waals surface area contributed by atoms with E-state index in [-0.39, 0.29) is 18.0 Å². The quantitative estimate of drug-likeness (QED) is 0.735. The monoisotopic (exact) mass is 406 g/mol. The van der Waals surface area contributed by atoms with Crippen molar-refractivity contribution in [3.8, 4) is 6.07 Å². The van der Waals surface area contributed by atoms with E-state index in [1.807, 2.05) is 0 Å². The molecule has 1 amide bonds. The van der Waals surface area contributed by atoms with Crippen LogP contribution in [0.4, 0.5) is 13.2 Å². The second-order valence-corrected chi connectivity index (χ2v) is 6.62. The molecule has 24 heavy (non-hydrogen) atoms. The zero-order valence-electron chi connectivity index (χ0n) is 13.2. The molecular weight excluding hydrogens is 389 g/mol. The van der Waals surface area contributed by atoms with Gasteiger partial charge < -0.3 is 10.6 Å². The van der Waals surface area contributed by atoms with E-state index in [9.17, 15) is 18.0 Å². The molecular formula is C15H18BrF3N4O. The summed E-state index contributed by atoms with van der Waals surface area (Å²) in [5, 5.41) is 8.87. The molecule has 0 saturated carbocycles. The predicted octanol–water partition coefficient (Wildman–Crippen LogP) is 3.17. The fraction of sp³-hybridized carbons (Fsp3) is 0.533. The minimum Gasteiger partial charge on any atom is -0.320 e. The Bertz CT molecular complexity index is 598. The molecule has 0 aliphatic heterocycles. The van der Waals surface area contributed by atoms with Gasteiger partial charge in [0.1, 0.15) is 6.54 Å². The first-order chi connectivity index (χ1) is 11.1. The van der Waals surface area contributed by atoms with E-state index in [1.54, 1.807) is 19.9 Å². The van der Waals surface area contributed by atoms with Gasteiger partial charge in [0.2, 0.25) is 5.91 Å². The van der Waals surface area contributed by atoms with Crippen molar-refractivity contribution in [2.24, 2.45) is 11.7 Å². The first-order valence-electron chi connectivity index (χ1n) is 7.19. The fourth-order valence-electron chi connectivity index (χ4n) is 2.25. The highest BCUT2D eigenvalue weighted by Gasteiger charge is 2.48. The summed E-state index contributed by atoms with van der Waals surface area (Å²) < 4.78 is 41.2. The van der Waals surface area contributed by atoms with Crippen molar-refractivity contribution in [2.45, 2.75) is 38.5 Å². The van der Waals surface area contributed by atoms with Crippen LogP contribution in [0.2, 0.25) is 0 Å². The Kier molecular flexibility index (Phi) is 7.17. The number of aromatic nitrogens is 1. The van der Waals surface area contributed by atoms with Crippen molar-refractivity contribution in [1.82, 2.24) is 9.88 Å². The molecule has 1 rings (SSSR count). The largest absolute Gasteiger partial charge is 0.414 e. The molecule has 0 saturated heterocycles. The number of nitrogens with two attached hydrogens (primary N) is 1. The maximum Gasteiger partial charge on any atom is 0.414 e. The Morgan fingerprint density at radius 3 is 2.50 bits per heavy atom. The highest BCUT2D eigenvalue weighted by atomic mass is 79.9. The number of carbonyl (C=O) groups excluding carboxylic acids is 1. The van der Waals surface area contributed by atoms with Gasteiger partial charge in [-0.25, -0.2) is 0 Å². The number of pyridine rings is 1. The number of carbonyl (C=O) groups is 1. The molecule has 2 atom stereocenters. The smallest absolute Gasteiger partial charge is 0.320 e. The number of hydrogen-bond donors (Lipinski definition) is 1.